The zero-order valence-corrected chi connectivity index (χ0v) is 19.5. The second-order valence-electron chi connectivity index (χ2n) is 6.73. The third-order valence-electron chi connectivity index (χ3n) is 4.38. The van der Waals surface area contributed by atoms with E-state index in [1.54, 1.807) is 4.90 Å². The molecule has 180 valence electrons. The number of carbonyl (C=O) groups excluding carboxylic acids is 1. The van der Waals surface area contributed by atoms with E-state index in [0.717, 1.165) is 12.1 Å². The standard InChI is InChI=1S/C17H25BrN4O9S/c18-5-8-20(7-3-1-2-4-10-32(29,30)31)16-14(17(24)19-6-9-23)11-13(21(25)26)12-15(16)22(27)28/h11-12,23H,1-10H2,(H,19,24)(H,29,30,31). The number of nitrogens with zero attached hydrogens (tertiary/aromatic N) is 3. The number of aliphatic hydroxyl groups excluding tert-OH is 1. The number of benzene rings is 1. The molecule has 0 unspecified atom stereocenters. The van der Waals surface area contributed by atoms with Crippen molar-refractivity contribution in [1.29, 1.82) is 0 Å². The lowest BCUT2D eigenvalue weighted by Gasteiger charge is -2.26. The number of carbonyl (C=O) groups is 1. The van der Waals surface area contributed by atoms with Crippen molar-refractivity contribution in [3.05, 3.63) is 37.9 Å². The van der Waals surface area contributed by atoms with Crippen molar-refractivity contribution >= 4 is 49.0 Å². The van der Waals surface area contributed by atoms with Gasteiger partial charge < -0.3 is 15.3 Å². The van der Waals surface area contributed by atoms with Gasteiger partial charge in [0.25, 0.3) is 27.4 Å². The van der Waals surface area contributed by atoms with Gasteiger partial charge in [0.15, 0.2) is 0 Å². The normalized spacial score (nSPS) is 11.2. The lowest BCUT2D eigenvalue weighted by Crippen LogP contribution is -2.32. The van der Waals surface area contributed by atoms with Gasteiger partial charge in [0.05, 0.1) is 33.8 Å². The van der Waals surface area contributed by atoms with E-state index in [1.807, 2.05) is 0 Å². The van der Waals surface area contributed by atoms with Crippen molar-refractivity contribution in [1.82, 2.24) is 5.32 Å². The molecule has 13 nitrogen and oxygen atoms in total. The van der Waals surface area contributed by atoms with Crippen molar-refractivity contribution in [3.8, 4) is 0 Å². The van der Waals surface area contributed by atoms with Gasteiger partial charge in [0, 0.05) is 31.0 Å². The number of nitrogens with one attached hydrogen (secondary N) is 1. The average molecular weight is 541 g/mol. The summed E-state index contributed by atoms with van der Waals surface area (Å²) in [6.45, 7) is -0.00586. The molecule has 0 aromatic heterocycles. The van der Waals surface area contributed by atoms with Crippen LogP contribution in [0.3, 0.4) is 0 Å². The van der Waals surface area contributed by atoms with Gasteiger partial charge in [-0.2, -0.15) is 8.42 Å². The monoisotopic (exact) mass is 540 g/mol. The number of hydrogen-bond acceptors (Lipinski definition) is 9. The van der Waals surface area contributed by atoms with Crippen molar-refractivity contribution < 1.29 is 32.7 Å². The number of non-ortho nitro benzene ring substituents is 1. The minimum absolute atomic E-state index is 0.0755. The molecular formula is C17H25BrN4O9S. The molecule has 0 heterocycles. The minimum atomic E-state index is -4.04. The SMILES string of the molecule is O=C(NCCO)c1cc([N+](=O)[O-])cc([N+](=O)[O-])c1N(CCBr)CCCCCCS(=O)(=O)O. The third-order valence-corrected chi connectivity index (χ3v) is 5.53. The Morgan fingerprint density at radius 2 is 1.75 bits per heavy atom. The van der Waals surface area contributed by atoms with Gasteiger partial charge in [-0.25, -0.2) is 0 Å². The first-order valence-corrected chi connectivity index (χ1v) is 12.4. The number of halogens is 1. The molecule has 0 aliphatic heterocycles. The molecule has 1 aromatic carbocycles. The molecule has 0 saturated heterocycles. The Bertz CT molecular complexity index is 927. The predicted octanol–water partition coefficient (Wildman–Crippen LogP) is 1.87. The first-order valence-electron chi connectivity index (χ1n) is 9.63. The van der Waals surface area contributed by atoms with E-state index in [1.165, 1.54) is 0 Å². The summed E-state index contributed by atoms with van der Waals surface area (Å²) in [5.41, 5.74) is -1.54. The molecule has 3 N–H and O–H groups in total. The molecular weight excluding hydrogens is 516 g/mol. The van der Waals surface area contributed by atoms with Gasteiger partial charge in [-0.1, -0.05) is 28.8 Å². The van der Waals surface area contributed by atoms with E-state index in [4.69, 9.17) is 9.66 Å². The van der Waals surface area contributed by atoms with Crippen LogP contribution in [0.2, 0.25) is 0 Å². The molecule has 0 atom stereocenters. The molecule has 32 heavy (non-hydrogen) atoms. The Kier molecular flexibility index (Phi) is 11.5. The molecule has 0 aliphatic carbocycles. The summed E-state index contributed by atoms with van der Waals surface area (Å²) >= 11 is 3.26. The zero-order chi connectivity index (χ0) is 24.3. The second kappa shape index (κ2) is 13.2. The Labute approximate surface area is 193 Å². The molecule has 1 amide bonds. The molecule has 1 rings (SSSR count). The molecule has 0 fully saturated rings. The molecule has 0 radical (unpaired) electrons. The first kappa shape index (κ1) is 27.7. The fraction of sp³-hybridized carbons (Fsp3) is 0.588. The summed E-state index contributed by atoms with van der Waals surface area (Å²) in [6.07, 6.45) is 1.79. The number of nitro groups is 2. The van der Waals surface area contributed by atoms with Crippen LogP contribution in [0.4, 0.5) is 17.1 Å². The molecule has 1 aromatic rings. The molecule has 0 saturated carbocycles. The maximum atomic E-state index is 12.6. The number of alkyl halides is 1. The smallest absolute Gasteiger partial charge is 0.300 e. The molecule has 0 bridgehead atoms. The fourth-order valence-corrected chi connectivity index (χ4v) is 3.99. The van der Waals surface area contributed by atoms with E-state index in [9.17, 15) is 33.4 Å². The van der Waals surface area contributed by atoms with Gasteiger partial charge >= 0.3 is 0 Å². The van der Waals surface area contributed by atoms with Crippen molar-refractivity contribution in [3.63, 3.8) is 0 Å². The summed E-state index contributed by atoms with van der Waals surface area (Å²) in [4.78, 5) is 35.5. The highest BCUT2D eigenvalue weighted by Gasteiger charge is 2.30. The third kappa shape index (κ3) is 9.02. The number of anilines is 1. The highest BCUT2D eigenvalue weighted by atomic mass is 79.9. The number of nitro benzene ring substituents is 2. The van der Waals surface area contributed by atoms with Crippen LogP contribution in [0.15, 0.2) is 12.1 Å². The van der Waals surface area contributed by atoms with Gasteiger partial charge in [-0.3, -0.25) is 29.6 Å². The van der Waals surface area contributed by atoms with E-state index in [0.29, 0.717) is 24.6 Å². The van der Waals surface area contributed by atoms with E-state index >= 15 is 0 Å². The maximum Gasteiger partial charge on any atom is 0.300 e. The van der Waals surface area contributed by atoms with Crippen molar-refractivity contribution in [2.24, 2.45) is 0 Å². The molecule has 0 aliphatic rings. The fourth-order valence-electron chi connectivity index (χ4n) is 3.00. The van der Waals surface area contributed by atoms with Gasteiger partial charge in [0.2, 0.25) is 0 Å². The number of amides is 1. The highest BCUT2D eigenvalue weighted by Crippen LogP contribution is 2.36. The van der Waals surface area contributed by atoms with Crippen LogP contribution in [-0.4, -0.2) is 71.2 Å². The summed E-state index contributed by atoms with van der Waals surface area (Å²) < 4.78 is 30.3. The Balaban J connectivity index is 3.24. The first-order chi connectivity index (χ1) is 15.0. The van der Waals surface area contributed by atoms with Crippen LogP contribution in [0.25, 0.3) is 0 Å². The topological polar surface area (TPSA) is 193 Å². The van der Waals surface area contributed by atoms with Crippen molar-refractivity contribution in [2.75, 3.05) is 42.2 Å². The zero-order valence-electron chi connectivity index (χ0n) is 17.1. The molecule has 15 heteroatoms. The van der Waals surface area contributed by atoms with Crippen LogP contribution in [0, 0.1) is 20.2 Å². The Hall–Kier alpha value is -2.36. The Morgan fingerprint density at radius 1 is 1.09 bits per heavy atom. The quantitative estimate of drug-likeness (QED) is 0.0970. The predicted molar refractivity (Wildman–Crippen MR) is 120 cm³/mol. The summed E-state index contributed by atoms with van der Waals surface area (Å²) in [6, 6.07) is 1.76. The number of rotatable bonds is 15. The Morgan fingerprint density at radius 3 is 2.28 bits per heavy atom. The van der Waals surface area contributed by atoms with Crippen LogP contribution in [0.5, 0.6) is 0 Å². The lowest BCUT2D eigenvalue weighted by molar-refractivity contribution is -0.393. The average Bonchev–Trinajstić information content (AvgIpc) is 2.71. The van der Waals surface area contributed by atoms with Crippen LogP contribution in [-0.2, 0) is 10.1 Å². The lowest BCUT2D eigenvalue weighted by atomic mass is 10.1. The summed E-state index contributed by atoms with van der Waals surface area (Å²) in [5, 5.41) is 34.6. The summed E-state index contributed by atoms with van der Waals surface area (Å²) in [7, 11) is -4.04. The van der Waals surface area contributed by atoms with E-state index in [2.05, 4.69) is 21.2 Å². The number of aliphatic hydroxyl groups is 1. The van der Waals surface area contributed by atoms with Crippen LogP contribution in [0.1, 0.15) is 36.0 Å². The number of hydrogen-bond donors (Lipinski definition) is 3. The van der Waals surface area contributed by atoms with Gasteiger partial charge in [0.1, 0.15) is 5.69 Å². The number of unbranched alkanes of at least 4 members (excludes halogenated alkanes) is 3. The highest BCUT2D eigenvalue weighted by molar-refractivity contribution is 9.09. The van der Waals surface area contributed by atoms with Crippen LogP contribution >= 0.6 is 15.9 Å². The summed E-state index contributed by atoms with van der Waals surface area (Å²) in [5.74, 6) is -1.16. The second-order valence-corrected chi connectivity index (χ2v) is 9.10. The molecule has 0 spiro atoms. The van der Waals surface area contributed by atoms with E-state index in [-0.39, 0.29) is 49.7 Å². The van der Waals surface area contributed by atoms with E-state index < -0.39 is 37.2 Å². The largest absolute Gasteiger partial charge is 0.395 e. The maximum absolute atomic E-state index is 12.6. The van der Waals surface area contributed by atoms with Gasteiger partial charge in [-0.05, 0) is 12.8 Å². The van der Waals surface area contributed by atoms with Crippen molar-refractivity contribution in [2.45, 2.75) is 25.7 Å². The van der Waals surface area contributed by atoms with Crippen LogP contribution < -0.4 is 10.2 Å². The van der Waals surface area contributed by atoms with Gasteiger partial charge in [-0.15, -0.1) is 0 Å². The minimum Gasteiger partial charge on any atom is -0.395 e.